The van der Waals surface area contributed by atoms with Crippen LogP contribution in [0.1, 0.15) is 0 Å². The predicted octanol–water partition coefficient (Wildman–Crippen LogP) is 14.0. The lowest BCUT2D eigenvalue weighted by Crippen LogP contribution is -2.10. The minimum Gasteiger partial charge on any atom is -0.436 e. The van der Waals surface area contributed by atoms with Crippen LogP contribution in [0, 0.1) is 0 Å². The Morgan fingerprint density at radius 1 is 0.473 bits per heavy atom. The van der Waals surface area contributed by atoms with Crippen LogP contribution in [0.2, 0.25) is 0 Å². The molecule has 0 N–H and O–H groups in total. The molecule has 0 fully saturated rings. The third-order valence-electron chi connectivity index (χ3n) is 10.8. The Balaban J connectivity index is 1.17. The maximum absolute atomic E-state index is 6.29. The van der Waals surface area contributed by atoms with E-state index in [1.54, 1.807) is 0 Å². The van der Waals surface area contributed by atoms with Crippen LogP contribution in [0.15, 0.2) is 205 Å². The molecule has 55 heavy (non-hydrogen) atoms. The number of benzene rings is 9. The van der Waals surface area contributed by atoms with E-state index >= 15 is 0 Å². The molecular weight excluding hydrogens is 671 g/mol. The summed E-state index contributed by atoms with van der Waals surface area (Å²) in [6.07, 6.45) is 0. The smallest absolute Gasteiger partial charge is 0.227 e. The molecular formula is C51H33N3O. The fourth-order valence-corrected chi connectivity index (χ4v) is 8.29. The zero-order valence-electron chi connectivity index (χ0n) is 29.8. The van der Waals surface area contributed by atoms with Gasteiger partial charge in [-0.15, -0.1) is 0 Å². The molecule has 4 heteroatoms. The molecule has 0 atom stereocenters. The van der Waals surface area contributed by atoms with Gasteiger partial charge in [-0.3, -0.25) is 0 Å². The van der Waals surface area contributed by atoms with Crippen molar-refractivity contribution >= 4 is 71.5 Å². The van der Waals surface area contributed by atoms with Gasteiger partial charge < -0.3 is 13.9 Å². The van der Waals surface area contributed by atoms with E-state index in [2.05, 4.69) is 173 Å². The van der Waals surface area contributed by atoms with E-state index in [0.717, 1.165) is 44.9 Å². The van der Waals surface area contributed by atoms with Crippen molar-refractivity contribution in [1.82, 2.24) is 9.55 Å². The summed E-state index contributed by atoms with van der Waals surface area (Å²) in [6.45, 7) is 0. The molecule has 0 amide bonds. The molecule has 0 aliphatic rings. The second-order valence-electron chi connectivity index (χ2n) is 14.0. The van der Waals surface area contributed by atoms with Crippen molar-refractivity contribution in [2.24, 2.45) is 0 Å². The van der Waals surface area contributed by atoms with E-state index in [4.69, 9.17) is 9.40 Å². The number of aromatic nitrogens is 2. The number of fused-ring (bicyclic) bond motifs is 7. The summed E-state index contributed by atoms with van der Waals surface area (Å²) in [5.74, 6) is 0.610. The van der Waals surface area contributed by atoms with E-state index in [9.17, 15) is 0 Å². The largest absolute Gasteiger partial charge is 0.436 e. The van der Waals surface area contributed by atoms with Crippen molar-refractivity contribution in [2.45, 2.75) is 0 Å². The Hall–Kier alpha value is -7.43. The molecule has 11 aromatic rings. The van der Waals surface area contributed by atoms with Gasteiger partial charge in [0.25, 0.3) is 0 Å². The molecule has 2 heterocycles. The van der Waals surface area contributed by atoms with Crippen LogP contribution in [-0.2, 0) is 0 Å². The number of hydrogen-bond donors (Lipinski definition) is 0. The van der Waals surface area contributed by atoms with Gasteiger partial charge in [0.05, 0.1) is 16.7 Å². The molecule has 0 radical (unpaired) electrons. The average Bonchev–Trinajstić information content (AvgIpc) is 3.84. The highest BCUT2D eigenvalue weighted by Gasteiger charge is 2.23. The van der Waals surface area contributed by atoms with E-state index in [1.165, 1.54) is 49.0 Å². The van der Waals surface area contributed by atoms with Gasteiger partial charge in [0, 0.05) is 38.8 Å². The Morgan fingerprint density at radius 3 is 1.96 bits per heavy atom. The minimum atomic E-state index is 0.610. The lowest BCUT2D eigenvalue weighted by molar-refractivity contribution is 0.620. The number of para-hydroxylation sites is 1. The molecule has 258 valence electrons. The van der Waals surface area contributed by atoms with Crippen LogP contribution in [0.5, 0.6) is 0 Å². The van der Waals surface area contributed by atoms with Crippen LogP contribution in [0.4, 0.5) is 17.1 Å². The van der Waals surface area contributed by atoms with Crippen LogP contribution >= 0.6 is 0 Å². The van der Waals surface area contributed by atoms with Gasteiger partial charge in [-0.2, -0.15) is 0 Å². The zero-order chi connectivity index (χ0) is 36.3. The molecule has 9 aromatic carbocycles. The second kappa shape index (κ2) is 12.6. The monoisotopic (exact) mass is 703 g/mol. The van der Waals surface area contributed by atoms with E-state index < -0.39 is 0 Å². The summed E-state index contributed by atoms with van der Waals surface area (Å²) < 4.78 is 8.71. The van der Waals surface area contributed by atoms with E-state index in [0.29, 0.717) is 5.89 Å². The minimum absolute atomic E-state index is 0.610. The van der Waals surface area contributed by atoms with E-state index in [-0.39, 0.29) is 0 Å². The molecule has 2 aromatic heterocycles. The summed E-state index contributed by atoms with van der Waals surface area (Å²) >= 11 is 0. The Bertz CT molecular complexity index is 3190. The lowest BCUT2D eigenvalue weighted by atomic mass is 9.98. The summed E-state index contributed by atoms with van der Waals surface area (Å²) in [4.78, 5) is 7.36. The Morgan fingerprint density at radius 2 is 1.15 bits per heavy atom. The van der Waals surface area contributed by atoms with E-state index in [1.807, 2.05) is 36.4 Å². The second-order valence-corrected chi connectivity index (χ2v) is 14.0. The van der Waals surface area contributed by atoms with Crippen molar-refractivity contribution < 1.29 is 4.42 Å². The number of oxazole rings is 1. The third kappa shape index (κ3) is 5.11. The van der Waals surface area contributed by atoms with Gasteiger partial charge in [0.2, 0.25) is 5.89 Å². The highest BCUT2D eigenvalue weighted by Crippen LogP contribution is 2.46. The number of hydrogen-bond acceptors (Lipinski definition) is 3. The normalized spacial score (nSPS) is 11.6. The molecule has 0 spiro atoms. The maximum Gasteiger partial charge on any atom is 0.227 e. The average molecular weight is 704 g/mol. The van der Waals surface area contributed by atoms with Gasteiger partial charge in [0.1, 0.15) is 5.52 Å². The molecule has 11 rings (SSSR count). The first-order chi connectivity index (χ1) is 27.3. The summed E-state index contributed by atoms with van der Waals surface area (Å²) in [5, 5.41) is 7.27. The molecule has 4 nitrogen and oxygen atoms in total. The molecule has 0 bridgehead atoms. The van der Waals surface area contributed by atoms with Crippen molar-refractivity contribution in [3.63, 3.8) is 0 Å². The highest BCUT2D eigenvalue weighted by molar-refractivity contribution is 6.23. The fourth-order valence-electron chi connectivity index (χ4n) is 8.29. The van der Waals surface area contributed by atoms with Crippen LogP contribution in [0.25, 0.3) is 82.7 Å². The number of rotatable bonds is 6. The van der Waals surface area contributed by atoms with Gasteiger partial charge in [-0.1, -0.05) is 133 Å². The third-order valence-corrected chi connectivity index (χ3v) is 10.8. The Labute approximate surface area is 317 Å². The summed E-state index contributed by atoms with van der Waals surface area (Å²) in [5.41, 5.74) is 11.5. The Kier molecular flexibility index (Phi) is 7.14. The quantitative estimate of drug-likeness (QED) is 0.173. The van der Waals surface area contributed by atoms with Crippen molar-refractivity contribution in [2.75, 3.05) is 4.90 Å². The van der Waals surface area contributed by atoms with Gasteiger partial charge >= 0.3 is 0 Å². The summed E-state index contributed by atoms with van der Waals surface area (Å²) in [7, 11) is 0. The van der Waals surface area contributed by atoms with Crippen LogP contribution in [0.3, 0.4) is 0 Å². The zero-order valence-corrected chi connectivity index (χ0v) is 29.8. The van der Waals surface area contributed by atoms with Crippen LogP contribution in [-0.4, -0.2) is 9.55 Å². The number of nitrogens with zero attached hydrogens (tertiary/aromatic N) is 3. The molecule has 0 saturated carbocycles. The first-order valence-electron chi connectivity index (χ1n) is 18.6. The molecule has 0 aliphatic heterocycles. The maximum atomic E-state index is 6.29. The fraction of sp³-hybridized carbons (Fsp3) is 0. The first kappa shape index (κ1) is 31.1. The van der Waals surface area contributed by atoms with Crippen molar-refractivity contribution in [3.05, 3.63) is 200 Å². The van der Waals surface area contributed by atoms with Crippen LogP contribution < -0.4 is 4.90 Å². The standard InChI is InChI=1S/C51H33N3O/c1-3-15-37(16-4-1)51-52-45-33-40(30-32-48(45)55-51)53(39-28-25-36(26-29-39)42-22-11-17-34-13-7-9-20-41(34)42)46-23-12-24-47-49(46)44-31-27-35-14-8-10-21-43(35)50(44)54(47)38-18-5-2-6-19-38/h1-33H. The van der Waals surface area contributed by atoms with Crippen molar-refractivity contribution in [3.8, 4) is 28.3 Å². The van der Waals surface area contributed by atoms with Gasteiger partial charge in [0.15, 0.2) is 5.58 Å². The van der Waals surface area contributed by atoms with Gasteiger partial charge in [-0.05, 0) is 94.0 Å². The van der Waals surface area contributed by atoms with Gasteiger partial charge in [-0.25, -0.2) is 4.98 Å². The highest BCUT2D eigenvalue weighted by atomic mass is 16.3. The number of anilines is 3. The SMILES string of the molecule is c1ccc(-c2nc3cc(N(c4ccc(-c5cccc6ccccc56)cc4)c4cccc5c4c4ccc6ccccc6c4n5-c4ccccc4)ccc3o2)cc1. The topological polar surface area (TPSA) is 34.2 Å². The van der Waals surface area contributed by atoms with Crippen molar-refractivity contribution in [1.29, 1.82) is 0 Å². The molecule has 0 aliphatic carbocycles. The predicted molar refractivity (Wildman–Crippen MR) is 229 cm³/mol. The molecule has 0 saturated heterocycles. The molecule has 0 unspecified atom stereocenters. The summed E-state index contributed by atoms with van der Waals surface area (Å²) in [6, 6.07) is 71.1. The lowest BCUT2D eigenvalue weighted by Gasteiger charge is -2.27. The first-order valence-corrected chi connectivity index (χ1v) is 18.6.